The topological polar surface area (TPSA) is 79.8 Å². The summed E-state index contributed by atoms with van der Waals surface area (Å²) in [5, 5.41) is 17.5. The lowest BCUT2D eigenvalue weighted by Gasteiger charge is -2.27. The molecule has 1 amide bonds. The van der Waals surface area contributed by atoms with Gasteiger partial charge in [0.05, 0.1) is 32.0 Å². The summed E-state index contributed by atoms with van der Waals surface area (Å²) in [4.78, 5) is 12.4. The maximum Gasteiger partial charge on any atom is 0.220 e. The smallest absolute Gasteiger partial charge is 0.220 e. The van der Waals surface area contributed by atoms with E-state index in [1.165, 1.54) is 5.56 Å². The van der Waals surface area contributed by atoms with Crippen molar-refractivity contribution in [2.75, 3.05) is 20.3 Å². The average Bonchev–Trinajstić information content (AvgIpc) is 3.06. The number of fused-ring (bicyclic) bond motifs is 5. The molecule has 0 saturated carbocycles. The first kappa shape index (κ1) is 22.8. The van der Waals surface area contributed by atoms with Crippen molar-refractivity contribution in [2.45, 2.75) is 70.2 Å². The number of ether oxygens (including phenoxy) is 2. The Labute approximate surface area is 180 Å². The molecule has 0 saturated heterocycles. The molecule has 1 aromatic rings. The number of nitrogens with one attached hydrogen (secondary N) is 2. The summed E-state index contributed by atoms with van der Waals surface area (Å²) in [5.41, 5.74) is 2.33. The summed E-state index contributed by atoms with van der Waals surface area (Å²) in [6, 6.07) is 5.92. The van der Waals surface area contributed by atoms with E-state index in [-0.39, 0.29) is 24.1 Å². The fraction of sp³-hybridized carbons (Fsp3) is 0.625. The van der Waals surface area contributed by atoms with Gasteiger partial charge in [-0.25, -0.2) is 0 Å². The molecule has 0 aromatic heterocycles. The average molecular weight is 417 g/mol. The molecule has 0 radical (unpaired) electrons. The molecule has 1 heterocycles. The van der Waals surface area contributed by atoms with Gasteiger partial charge in [-0.2, -0.15) is 0 Å². The molecule has 6 nitrogen and oxygen atoms in total. The first-order chi connectivity index (χ1) is 14.5. The standard InChI is InChI=1S/C24H36N2O4/c1-16(2)12-21-22(27)15-25-20-14-23(18-10-9-17(29-3)13-19(18)20)30-11-7-5-4-6-8-24(28)26-21/h5,7,9-10,13,16,20-23,25,27H,4,6,8,11-12,14-15H2,1-3H3,(H,26,28)/b7-5+/t20-,21-,22+,23+/m0/s1. The first-order valence-corrected chi connectivity index (χ1v) is 11.1. The van der Waals surface area contributed by atoms with Crippen molar-refractivity contribution >= 4 is 5.91 Å². The van der Waals surface area contributed by atoms with Crippen molar-refractivity contribution in [3.63, 3.8) is 0 Å². The van der Waals surface area contributed by atoms with Gasteiger partial charge in [0.1, 0.15) is 5.75 Å². The molecule has 2 bridgehead atoms. The zero-order chi connectivity index (χ0) is 21.5. The summed E-state index contributed by atoms with van der Waals surface area (Å²) < 4.78 is 11.6. The molecule has 0 spiro atoms. The molecule has 4 atom stereocenters. The van der Waals surface area contributed by atoms with Crippen LogP contribution in [0.5, 0.6) is 5.75 Å². The number of β-amino-alcohol motifs (C(OH)–C–C–N with tert-alkyl or cyclic N) is 1. The zero-order valence-corrected chi connectivity index (χ0v) is 18.4. The molecule has 1 aromatic carbocycles. The molecule has 1 aliphatic heterocycles. The predicted molar refractivity (Wildman–Crippen MR) is 117 cm³/mol. The first-order valence-electron chi connectivity index (χ1n) is 11.1. The number of allylic oxidation sites excluding steroid dienone is 1. The van der Waals surface area contributed by atoms with Crippen LogP contribution in [0, 0.1) is 5.92 Å². The monoisotopic (exact) mass is 416 g/mol. The van der Waals surface area contributed by atoms with Crippen LogP contribution in [0.3, 0.4) is 0 Å². The van der Waals surface area contributed by atoms with E-state index >= 15 is 0 Å². The second-order valence-electron chi connectivity index (χ2n) is 8.75. The third-order valence-corrected chi connectivity index (χ3v) is 5.91. The lowest BCUT2D eigenvalue weighted by molar-refractivity contribution is -0.122. The van der Waals surface area contributed by atoms with Gasteiger partial charge in [0.2, 0.25) is 5.91 Å². The summed E-state index contributed by atoms with van der Waals surface area (Å²) in [6.07, 6.45) is 7.15. The van der Waals surface area contributed by atoms with Crippen molar-refractivity contribution in [3.05, 3.63) is 41.5 Å². The molecule has 6 heteroatoms. The highest BCUT2D eigenvalue weighted by atomic mass is 16.5. The Hall–Kier alpha value is -1.89. The van der Waals surface area contributed by atoms with Crippen LogP contribution in [0.15, 0.2) is 30.4 Å². The van der Waals surface area contributed by atoms with Crippen LogP contribution >= 0.6 is 0 Å². The molecular formula is C24H36N2O4. The normalized spacial score (nSPS) is 29.3. The Morgan fingerprint density at radius 3 is 2.87 bits per heavy atom. The van der Waals surface area contributed by atoms with Crippen LogP contribution in [0.4, 0.5) is 0 Å². The third kappa shape index (κ3) is 6.06. The third-order valence-electron chi connectivity index (χ3n) is 5.91. The summed E-state index contributed by atoms with van der Waals surface area (Å²) in [5.74, 6) is 1.21. The Morgan fingerprint density at radius 1 is 1.27 bits per heavy atom. The van der Waals surface area contributed by atoms with Crippen molar-refractivity contribution in [1.29, 1.82) is 0 Å². The van der Waals surface area contributed by atoms with E-state index in [0.29, 0.717) is 25.5 Å². The van der Waals surface area contributed by atoms with Gasteiger partial charge in [-0.15, -0.1) is 0 Å². The number of carbonyl (C=O) groups is 1. The van der Waals surface area contributed by atoms with E-state index in [2.05, 4.69) is 42.7 Å². The molecule has 30 heavy (non-hydrogen) atoms. The highest BCUT2D eigenvalue weighted by Gasteiger charge is 2.33. The van der Waals surface area contributed by atoms with Crippen LogP contribution < -0.4 is 15.4 Å². The number of amides is 1. The molecule has 0 fully saturated rings. The summed E-state index contributed by atoms with van der Waals surface area (Å²) in [6.45, 7) is 5.18. The largest absolute Gasteiger partial charge is 0.497 e. The maximum atomic E-state index is 12.4. The summed E-state index contributed by atoms with van der Waals surface area (Å²) in [7, 11) is 1.67. The molecule has 3 N–H and O–H groups in total. The SMILES string of the molecule is COc1ccc2c(c1)[C@@H]1C[C@H]2OC/C=C/CCCC(=O)N[C@@H](CC(C)C)[C@H](O)CN1. The number of rotatable bonds is 3. The number of methoxy groups -OCH3 is 1. The van der Waals surface area contributed by atoms with E-state index in [0.717, 1.165) is 37.0 Å². The van der Waals surface area contributed by atoms with Crippen LogP contribution in [-0.2, 0) is 9.53 Å². The Morgan fingerprint density at radius 2 is 2.10 bits per heavy atom. The number of hydrogen-bond acceptors (Lipinski definition) is 5. The fourth-order valence-corrected chi connectivity index (χ4v) is 4.34. The van der Waals surface area contributed by atoms with Gasteiger partial charge in [0, 0.05) is 19.0 Å². The quantitative estimate of drug-likeness (QED) is 0.658. The molecule has 0 unspecified atom stereocenters. The molecule has 166 valence electrons. The zero-order valence-electron chi connectivity index (χ0n) is 18.4. The highest BCUT2D eigenvalue weighted by Crippen LogP contribution is 2.42. The van der Waals surface area contributed by atoms with Crippen molar-refractivity contribution in [2.24, 2.45) is 5.92 Å². The van der Waals surface area contributed by atoms with Crippen LogP contribution in [0.25, 0.3) is 0 Å². The van der Waals surface area contributed by atoms with Crippen LogP contribution in [0.1, 0.15) is 69.2 Å². The lowest BCUT2D eigenvalue weighted by Crippen LogP contribution is -2.48. The Bertz CT molecular complexity index is 734. The number of hydrogen-bond donors (Lipinski definition) is 3. The minimum absolute atomic E-state index is 0.00690. The van der Waals surface area contributed by atoms with E-state index in [9.17, 15) is 9.90 Å². The van der Waals surface area contributed by atoms with Gasteiger partial charge in [-0.05, 0) is 54.9 Å². The van der Waals surface area contributed by atoms with E-state index in [1.807, 2.05) is 12.1 Å². The van der Waals surface area contributed by atoms with Gasteiger partial charge in [0.25, 0.3) is 0 Å². The molecule has 1 aliphatic carbocycles. The van der Waals surface area contributed by atoms with Gasteiger partial charge in [-0.3, -0.25) is 4.79 Å². The second-order valence-corrected chi connectivity index (χ2v) is 8.75. The molecule has 3 rings (SSSR count). The number of benzene rings is 1. The summed E-state index contributed by atoms with van der Waals surface area (Å²) >= 11 is 0. The molecule has 2 aliphatic rings. The van der Waals surface area contributed by atoms with Crippen molar-refractivity contribution in [1.82, 2.24) is 10.6 Å². The molecular weight excluding hydrogens is 380 g/mol. The fourth-order valence-electron chi connectivity index (χ4n) is 4.34. The van der Waals surface area contributed by atoms with E-state index < -0.39 is 6.10 Å². The maximum absolute atomic E-state index is 12.4. The predicted octanol–water partition coefficient (Wildman–Crippen LogP) is 3.42. The van der Waals surface area contributed by atoms with Gasteiger partial charge in [-0.1, -0.05) is 32.1 Å². The van der Waals surface area contributed by atoms with Gasteiger partial charge < -0.3 is 25.2 Å². The number of aliphatic hydroxyl groups excluding tert-OH is 1. The van der Waals surface area contributed by atoms with Gasteiger partial charge >= 0.3 is 0 Å². The Kier molecular flexibility index (Phi) is 8.31. The van der Waals surface area contributed by atoms with E-state index in [1.54, 1.807) is 7.11 Å². The minimum Gasteiger partial charge on any atom is -0.497 e. The van der Waals surface area contributed by atoms with Gasteiger partial charge in [0.15, 0.2) is 0 Å². The van der Waals surface area contributed by atoms with Crippen LogP contribution in [0.2, 0.25) is 0 Å². The number of aliphatic hydroxyl groups is 1. The highest BCUT2D eigenvalue weighted by molar-refractivity contribution is 5.76. The van der Waals surface area contributed by atoms with Crippen LogP contribution in [-0.4, -0.2) is 43.4 Å². The van der Waals surface area contributed by atoms with Crippen molar-refractivity contribution in [3.8, 4) is 5.75 Å². The Balaban J connectivity index is 1.80. The van der Waals surface area contributed by atoms with Crippen molar-refractivity contribution < 1.29 is 19.4 Å². The minimum atomic E-state index is -0.654. The second kappa shape index (κ2) is 10.9. The number of carbonyl (C=O) groups excluding carboxylic acids is 1. The van der Waals surface area contributed by atoms with E-state index in [4.69, 9.17) is 9.47 Å². The lowest BCUT2D eigenvalue weighted by atomic mass is 9.98.